The van der Waals surface area contributed by atoms with Gasteiger partial charge in [-0.05, 0) is 18.3 Å². The van der Waals surface area contributed by atoms with E-state index in [1.807, 2.05) is 0 Å². The Labute approximate surface area is 56.6 Å². The molecule has 0 spiro atoms. The SMILES string of the molecule is CC1CC(N)C(N)C1C. The molecule has 4 atom stereocenters. The molecule has 1 fully saturated rings. The van der Waals surface area contributed by atoms with Gasteiger partial charge in [0.2, 0.25) is 0 Å². The van der Waals surface area contributed by atoms with Crippen molar-refractivity contribution in [1.29, 1.82) is 0 Å². The summed E-state index contributed by atoms with van der Waals surface area (Å²) in [6.45, 7) is 4.40. The van der Waals surface area contributed by atoms with Gasteiger partial charge in [-0.15, -0.1) is 0 Å². The predicted molar refractivity (Wildman–Crippen MR) is 38.9 cm³/mol. The third-order valence-corrected chi connectivity index (χ3v) is 2.64. The molecule has 0 aliphatic heterocycles. The van der Waals surface area contributed by atoms with Gasteiger partial charge in [0.1, 0.15) is 0 Å². The summed E-state index contributed by atoms with van der Waals surface area (Å²) < 4.78 is 0. The highest BCUT2D eigenvalue weighted by Crippen LogP contribution is 2.28. The lowest BCUT2D eigenvalue weighted by molar-refractivity contribution is 0.419. The van der Waals surface area contributed by atoms with E-state index in [0.717, 1.165) is 12.3 Å². The van der Waals surface area contributed by atoms with Gasteiger partial charge in [0.25, 0.3) is 0 Å². The fourth-order valence-corrected chi connectivity index (χ4v) is 1.57. The zero-order chi connectivity index (χ0) is 7.02. The second-order valence-electron chi connectivity index (χ2n) is 3.31. The maximum atomic E-state index is 5.79. The number of rotatable bonds is 0. The molecular weight excluding hydrogens is 112 g/mol. The molecule has 9 heavy (non-hydrogen) atoms. The van der Waals surface area contributed by atoms with E-state index in [0.29, 0.717) is 5.92 Å². The van der Waals surface area contributed by atoms with E-state index in [1.165, 1.54) is 0 Å². The fraction of sp³-hybridized carbons (Fsp3) is 1.00. The van der Waals surface area contributed by atoms with Crippen LogP contribution in [0.2, 0.25) is 0 Å². The van der Waals surface area contributed by atoms with Gasteiger partial charge >= 0.3 is 0 Å². The van der Waals surface area contributed by atoms with E-state index in [1.54, 1.807) is 0 Å². The number of nitrogens with two attached hydrogens (primary N) is 2. The molecule has 0 saturated heterocycles. The van der Waals surface area contributed by atoms with Crippen molar-refractivity contribution in [2.75, 3.05) is 0 Å². The van der Waals surface area contributed by atoms with Crippen LogP contribution in [0.3, 0.4) is 0 Å². The van der Waals surface area contributed by atoms with E-state index in [9.17, 15) is 0 Å². The normalized spacial score (nSPS) is 52.0. The molecule has 2 heteroatoms. The fourth-order valence-electron chi connectivity index (χ4n) is 1.57. The van der Waals surface area contributed by atoms with Crippen molar-refractivity contribution in [3.63, 3.8) is 0 Å². The summed E-state index contributed by atoms with van der Waals surface area (Å²) >= 11 is 0. The maximum Gasteiger partial charge on any atom is 0.0221 e. The van der Waals surface area contributed by atoms with Crippen LogP contribution in [0.25, 0.3) is 0 Å². The molecule has 4 N–H and O–H groups in total. The minimum absolute atomic E-state index is 0.236. The number of hydrogen-bond acceptors (Lipinski definition) is 2. The first-order chi connectivity index (χ1) is 4.13. The molecule has 0 aromatic carbocycles. The van der Waals surface area contributed by atoms with E-state index < -0.39 is 0 Å². The summed E-state index contributed by atoms with van der Waals surface area (Å²) in [4.78, 5) is 0. The molecule has 0 amide bonds. The minimum atomic E-state index is 0.236. The third kappa shape index (κ3) is 1.10. The van der Waals surface area contributed by atoms with Crippen molar-refractivity contribution in [3.05, 3.63) is 0 Å². The second-order valence-corrected chi connectivity index (χ2v) is 3.31. The smallest absolute Gasteiger partial charge is 0.0221 e. The molecule has 1 rings (SSSR count). The summed E-state index contributed by atoms with van der Waals surface area (Å²) in [5.41, 5.74) is 11.5. The first-order valence-corrected chi connectivity index (χ1v) is 3.64. The Hall–Kier alpha value is -0.0800. The lowest BCUT2D eigenvalue weighted by Gasteiger charge is -2.14. The van der Waals surface area contributed by atoms with Gasteiger partial charge in [-0.2, -0.15) is 0 Å². The zero-order valence-corrected chi connectivity index (χ0v) is 6.17. The molecular formula is C7H16N2. The Kier molecular flexibility index (Phi) is 1.78. The van der Waals surface area contributed by atoms with Crippen LogP contribution in [0, 0.1) is 11.8 Å². The van der Waals surface area contributed by atoms with Crippen LogP contribution in [-0.4, -0.2) is 12.1 Å². The van der Waals surface area contributed by atoms with E-state index in [4.69, 9.17) is 11.5 Å². The Morgan fingerprint density at radius 1 is 1.22 bits per heavy atom. The Balaban J connectivity index is 2.54. The van der Waals surface area contributed by atoms with Gasteiger partial charge in [-0.1, -0.05) is 13.8 Å². The lowest BCUT2D eigenvalue weighted by Crippen LogP contribution is -2.39. The maximum absolute atomic E-state index is 5.79. The first kappa shape index (κ1) is 7.03. The Morgan fingerprint density at radius 3 is 1.89 bits per heavy atom. The van der Waals surface area contributed by atoms with Gasteiger partial charge in [-0.3, -0.25) is 0 Å². The van der Waals surface area contributed by atoms with Crippen LogP contribution >= 0.6 is 0 Å². The first-order valence-electron chi connectivity index (χ1n) is 3.64. The van der Waals surface area contributed by atoms with Gasteiger partial charge in [0, 0.05) is 12.1 Å². The highest BCUT2D eigenvalue weighted by molar-refractivity contribution is 4.91. The average molecular weight is 128 g/mol. The molecule has 0 aromatic heterocycles. The van der Waals surface area contributed by atoms with Gasteiger partial charge in [0.05, 0.1) is 0 Å². The van der Waals surface area contributed by atoms with E-state index in [-0.39, 0.29) is 12.1 Å². The van der Waals surface area contributed by atoms with Crippen molar-refractivity contribution in [2.45, 2.75) is 32.4 Å². The van der Waals surface area contributed by atoms with Crippen LogP contribution < -0.4 is 11.5 Å². The molecule has 54 valence electrons. The average Bonchev–Trinajstić information content (AvgIpc) is 1.98. The van der Waals surface area contributed by atoms with Crippen molar-refractivity contribution in [3.8, 4) is 0 Å². The van der Waals surface area contributed by atoms with Crippen LogP contribution in [0.5, 0.6) is 0 Å². The van der Waals surface area contributed by atoms with Crippen LogP contribution in [0.1, 0.15) is 20.3 Å². The Morgan fingerprint density at radius 2 is 1.78 bits per heavy atom. The zero-order valence-electron chi connectivity index (χ0n) is 6.17. The predicted octanol–water partition coefficient (Wildman–Crippen LogP) is 0.317. The summed E-state index contributed by atoms with van der Waals surface area (Å²) in [5, 5.41) is 0. The molecule has 1 aliphatic rings. The molecule has 0 radical (unpaired) electrons. The summed E-state index contributed by atoms with van der Waals surface area (Å²) in [6, 6.07) is 0.481. The van der Waals surface area contributed by atoms with Crippen molar-refractivity contribution < 1.29 is 0 Å². The second kappa shape index (κ2) is 2.27. The Bertz CT molecular complexity index is 91.1. The van der Waals surface area contributed by atoms with Crippen molar-refractivity contribution >= 4 is 0 Å². The van der Waals surface area contributed by atoms with Gasteiger partial charge < -0.3 is 11.5 Å². The monoisotopic (exact) mass is 128 g/mol. The topological polar surface area (TPSA) is 52.0 Å². The van der Waals surface area contributed by atoms with Crippen LogP contribution in [0.15, 0.2) is 0 Å². The minimum Gasteiger partial charge on any atom is -0.326 e. The molecule has 1 aliphatic carbocycles. The molecule has 0 aromatic rings. The quantitative estimate of drug-likeness (QED) is 0.493. The van der Waals surface area contributed by atoms with E-state index >= 15 is 0 Å². The summed E-state index contributed by atoms with van der Waals surface area (Å²) in [5.74, 6) is 1.33. The van der Waals surface area contributed by atoms with Crippen molar-refractivity contribution in [2.24, 2.45) is 23.3 Å². The largest absolute Gasteiger partial charge is 0.326 e. The summed E-state index contributed by atoms with van der Waals surface area (Å²) in [6.07, 6.45) is 1.10. The number of hydrogen-bond donors (Lipinski definition) is 2. The molecule has 0 bridgehead atoms. The molecule has 2 nitrogen and oxygen atoms in total. The van der Waals surface area contributed by atoms with Gasteiger partial charge in [0.15, 0.2) is 0 Å². The lowest BCUT2D eigenvalue weighted by atomic mass is 9.98. The van der Waals surface area contributed by atoms with Gasteiger partial charge in [-0.25, -0.2) is 0 Å². The van der Waals surface area contributed by atoms with Crippen LogP contribution in [-0.2, 0) is 0 Å². The third-order valence-electron chi connectivity index (χ3n) is 2.64. The molecule has 1 saturated carbocycles. The van der Waals surface area contributed by atoms with Crippen molar-refractivity contribution in [1.82, 2.24) is 0 Å². The van der Waals surface area contributed by atoms with E-state index in [2.05, 4.69) is 13.8 Å². The summed E-state index contributed by atoms with van der Waals surface area (Å²) in [7, 11) is 0. The highest BCUT2D eigenvalue weighted by Gasteiger charge is 2.33. The molecule has 0 heterocycles. The van der Waals surface area contributed by atoms with Crippen LogP contribution in [0.4, 0.5) is 0 Å². The highest BCUT2D eigenvalue weighted by atomic mass is 14.8. The standard InChI is InChI=1S/C7H16N2/c1-4-3-6(8)7(9)5(4)2/h4-7H,3,8-9H2,1-2H3. The molecule has 4 unspecified atom stereocenters.